The Hall–Kier alpha value is -2.04. The van der Waals surface area contributed by atoms with Crippen LogP contribution in [0.4, 0.5) is 0 Å². The lowest BCUT2D eigenvalue weighted by Gasteiger charge is -2.22. The number of carbonyl (C=O) groups excluding carboxylic acids is 2. The van der Waals surface area contributed by atoms with Gasteiger partial charge in [-0.15, -0.1) is 0 Å². The van der Waals surface area contributed by atoms with E-state index in [2.05, 4.69) is 11.9 Å². The van der Waals surface area contributed by atoms with Crippen molar-refractivity contribution in [3.63, 3.8) is 0 Å². The van der Waals surface area contributed by atoms with Gasteiger partial charge in [0.2, 0.25) is 6.41 Å². The number of esters is 1. The summed E-state index contributed by atoms with van der Waals surface area (Å²) in [5.74, 6) is 0.264. The van der Waals surface area contributed by atoms with Crippen molar-refractivity contribution < 1.29 is 19.1 Å². The Morgan fingerprint density at radius 1 is 1.38 bits per heavy atom. The standard InChI is InChI=1S/C16H25NO4/c1-5-8-15(9-6-2)21-14(7-3)10-13(4)20-16(19)11-17-12-18/h5-6,8-9,12-14H,1,7,10-11H2,2-4H3,(H,17,18)/b9-6-,15-8+. The van der Waals surface area contributed by atoms with E-state index in [9.17, 15) is 9.59 Å². The van der Waals surface area contributed by atoms with Gasteiger partial charge in [-0.05, 0) is 32.4 Å². The van der Waals surface area contributed by atoms with E-state index in [1.54, 1.807) is 19.1 Å². The molecule has 2 unspecified atom stereocenters. The van der Waals surface area contributed by atoms with E-state index in [-0.39, 0.29) is 18.8 Å². The van der Waals surface area contributed by atoms with Gasteiger partial charge in [0.05, 0.1) is 0 Å². The van der Waals surface area contributed by atoms with Crippen molar-refractivity contribution >= 4 is 12.4 Å². The van der Waals surface area contributed by atoms with Crippen LogP contribution in [-0.2, 0) is 19.1 Å². The van der Waals surface area contributed by atoms with Gasteiger partial charge in [0, 0.05) is 6.42 Å². The summed E-state index contributed by atoms with van der Waals surface area (Å²) >= 11 is 0. The second kappa shape index (κ2) is 11.8. The summed E-state index contributed by atoms with van der Waals surface area (Å²) in [4.78, 5) is 21.5. The normalized spacial score (nSPS) is 14.3. The van der Waals surface area contributed by atoms with Crippen molar-refractivity contribution in [3.8, 4) is 0 Å². The fourth-order valence-corrected chi connectivity index (χ4v) is 1.71. The molecule has 0 aromatic heterocycles. The van der Waals surface area contributed by atoms with Gasteiger partial charge in [-0.3, -0.25) is 9.59 Å². The number of rotatable bonds is 11. The monoisotopic (exact) mass is 295 g/mol. The first-order valence-electron chi connectivity index (χ1n) is 7.05. The molecule has 2 atom stereocenters. The van der Waals surface area contributed by atoms with E-state index in [1.165, 1.54) is 0 Å². The number of allylic oxidation sites excluding steroid dienone is 4. The first-order chi connectivity index (χ1) is 10.1. The molecule has 0 bridgehead atoms. The van der Waals surface area contributed by atoms with Crippen LogP contribution in [-0.4, -0.2) is 31.1 Å². The molecule has 0 radical (unpaired) electrons. The van der Waals surface area contributed by atoms with E-state index in [0.29, 0.717) is 12.8 Å². The quantitative estimate of drug-likeness (QED) is 0.275. The van der Waals surface area contributed by atoms with Crippen molar-refractivity contribution in [2.45, 2.75) is 45.8 Å². The molecule has 0 heterocycles. The second-order valence-corrected chi connectivity index (χ2v) is 4.49. The molecule has 118 valence electrons. The maximum absolute atomic E-state index is 11.4. The minimum absolute atomic E-state index is 0.0609. The molecule has 21 heavy (non-hydrogen) atoms. The van der Waals surface area contributed by atoms with Gasteiger partial charge in [-0.1, -0.05) is 25.7 Å². The molecule has 0 rings (SSSR count). The van der Waals surface area contributed by atoms with E-state index in [1.807, 2.05) is 26.0 Å². The largest absolute Gasteiger partial charge is 0.490 e. The van der Waals surface area contributed by atoms with Gasteiger partial charge in [-0.25, -0.2) is 0 Å². The number of hydrogen-bond donors (Lipinski definition) is 1. The summed E-state index contributed by atoms with van der Waals surface area (Å²) < 4.78 is 11.0. The minimum Gasteiger partial charge on any atom is -0.490 e. The Labute approximate surface area is 126 Å². The predicted octanol–water partition coefficient (Wildman–Crippen LogP) is 2.50. The number of nitrogens with one attached hydrogen (secondary N) is 1. The zero-order chi connectivity index (χ0) is 16.1. The fourth-order valence-electron chi connectivity index (χ4n) is 1.71. The van der Waals surface area contributed by atoms with Crippen LogP contribution in [0, 0.1) is 0 Å². The molecule has 1 amide bonds. The Morgan fingerprint density at radius 3 is 2.62 bits per heavy atom. The fraction of sp³-hybridized carbons (Fsp3) is 0.500. The van der Waals surface area contributed by atoms with Crippen LogP contribution in [0.3, 0.4) is 0 Å². The molecule has 0 saturated carbocycles. The number of amides is 1. The van der Waals surface area contributed by atoms with Gasteiger partial charge < -0.3 is 14.8 Å². The third-order valence-electron chi connectivity index (χ3n) is 2.63. The zero-order valence-electron chi connectivity index (χ0n) is 13.0. The van der Waals surface area contributed by atoms with Gasteiger partial charge in [0.25, 0.3) is 0 Å². The van der Waals surface area contributed by atoms with Crippen LogP contribution in [0.15, 0.2) is 36.6 Å². The van der Waals surface area contributed by atoms with Crippen LogP contribution in [0.5, 0.6) is 0 Å². The van der Waals surface area contributed by atoms with Gasteiger partial charge in [0.15, 0.2) is 0 Å². The summed E-state index contributed by atoms with van der Waals surface area (Å²) in [5, 5.41) is 2.27. The predicted molar refractivity (Wildman–Crippen MR) is 82.5 cm³/mol. The molecule has 0 aromatic rings. The molecular formula is C16H25NO4. The molecular weight excluding hydrogens is 270 g/mol. The topological polar surface area (TPSA) is 64.6 Å². The third kappa shape index (κ3) is 9.49. The van der Waals surface area contributed by atoms with E-state index in [4.69, 9.17) is 9.47 Å². The average Bonchev–Trinajstić information content (AvgIpc) is 2.44. The molecule has 5 heteroatoms. The molecule has 0 spiro atoms. The molecule has 5 nitrogen and oxygen atoms in total. The average molecular weight is 295 g/mol. The highest BCUT2D eigenvalue weighted by Gasteiger charge is 2.16. The van der Waals surface area contributed by atoms with Gasteiger partial charge in [0.1, 0.15) is 24.5 Å². The van der Waals surface area contributed by atoms with Crippen molar-refractivity contribution in [1.82, 2.24) is 5.32 Å². The second-order valence-electron chi connectivity index (χ2n) is 4.49. The number of ether oxygens (including phenoxy) is 2. The summed E-state index contributed by atoms with van der Waals surface area (Å²) in [6, 6.07) is 0. The maximum Gasteiger partial charge on any atom is 0.325 e. The van der Waals surface area contributed by atoms with Crippen molar-refractivity contribution in [1.29, 1.82) is 0 Å². The lowest BCUT2D eigenvalue weighted by atomic mass is 10.1. The summed E-state index contributed by atoms with van der Waals surface area (Å²) in [6.45, 7) is 9.25. The van der Waals surface area contributed by atoms with E-state index < -0.39 is 5.97 Å². The Morgan fingerprint density at radius 2 is 2.10 bits per heavy atom. The van der Waals surface area contributed by atoms with E-state index >= 15 is 0 Å². The molecule has 1 N–H and O–H groups in total. The number of carbonyl (C=O) groups is 2. The molecule has 0 aliphatic carbocycles. The molecule has 0 aromatic carbocycles. The first kappa shape index (κ1) is 19.0. The lowest BCUT2D eigenvalue weighted by Crippen LogP contribution is -2.28. The number of hydrogen-bond acceptors (Lipinski definition) is 4. The van der Waals surface area contributed by atoms with Crippen LogP contribution >= 0.6 is 0 Å². The lowest BCUT2D eigenvalue weighted by molar-refractivity contribution is -0.149. The first-order valence-corrected chi connectivity index (χ1v) is 7.05. The minimum atomic E-state index is -0.459. The summed E-state index contributed by atoms with van der Waals surface area (Å²) in [7, 11) is 0. The van der Waals surface area contributed by atoms with Crippen molar-refractivity contribution in [2.75, 3.05) is 6.54 Å². The van der Waals surface area contributed by atoms with Gasteiger partial charge in [-0.2, -0.15) is 0 Å². The Bertz CT molecular complexity index is 388. The van der Waals surface area contributed by atoms with Crippen LogP contribution in [0.25, 0.3) is 0 Å². The maximum atomic E-state index is 11.4. The smallest absolute Gasteiger partial charge is 0.325 e. The molecule has 0 fully saturated rings. The van der Waals surface area contributed by atoms with Crippen LogP contribution < -0.4 is 5.32 Å². The highest BCUT2D eigenvalue weighted by Crippen LogP contribution is 2.15. The van der Waals surface area contributed by atoms with Crippen LogP contribution in [0.2, 0.25) is 0 Å². The molecule has 0 aliphatic heterocycles. The van der Waals surface area contributed by atoms with Crippen molar-refractivity contribution in [3.05, 3.63) is 36.6 Å². The van der Waals surface area contributed by atoms with Crippen LogP contribution in [0.1, 0.15) is 33.6 Å². The Balaban J connectivity index is 4.41. The van der Waals surface area contributed by atoms with E-state index in [0.717, 1.165) is 12.2 Å². The summed E-state index contributed by atoms with van der Waals surface area (Å²) in [6.07, 6.45) is 8.68. The Kier molecular flexibility index (Phi) is 10.6. The third-order valence-corrected chi connectivity index (χ3v) is 2.63. The van der Waals surface area contributed by atoms with Crippen molar-refractivity contribution in [2.24, 2.45) is 0 Å². The SMILES string of the molecule is C=C/C=C(\C=C/C)OC(CC)CC(C)OC(=O)CNC=O. The summed E-state index contributed by atoms with van der Waals surface area (Å²) in [5.41, 5.74) is 0. The molecule has 0 aliphatic rings. The molecule has 0 saturated heterocycles. The zero-order valence-corrected chi connectivity index (χ0v) is 13.0. The van der Waals surface area contributed by atoms with Gasteiger partial charge >= 0.3 is 5.97 Å². The highest BCUT2D eigenvalue weighted by atomic mass is 16.5. The highest BCUT2D eigenvalue weighted by molar-refractivity contribution is 5.74.